The molecule has 1 aromatic carbocycles. The molecular weight excluding hydrogens is 672 g/mol. The van der Waals surface area contributed by atoms with Gasteiger partial charge in [0.1, 0.15) is 36.3 Å². The minimum absolute atomic E-state index is 0.0381. The lowest BCUT2D eigenvalue weighted by molar-refractivity contribution is -0.145. The molecule has 6 atom stereocenters. The SMILES string of the molecule is C=C1NC(=O)C=CN1C1OC(CNC(=O)CCC(=O)OCCCC(OC(=O)NC(CN=[N+]=[N-])C(=O)NCC2(C)N=N2)c2ccccc2)C(O)C1O. The van der Waals surface area contributed by atoms with Gasteiger partial charge in [-0.15, -0.1) is 0 Å². The minimum atomic E-state index is -1.36. The number of aliphatic hydroxyl groups excluding tert-OH is 2. The van der Waals surface area contributed by atoms with E-state index in [0.29, 0.717) is 5.56 Å². The topological polar surface area (TPSA) is 278 Å². The third-order valence-corrected chi connectivity index (χ3v) is 7.90. The molecule has 0 spiro atoms. The van der Waals surface area contributed by atoms with Crippen molar-refractivity contribution in [1.82, 2.24) is 26.2 Å². The number of rotatable bonds is 18. The van der Waals surface area contributed by atoms with Crippen molar-refractivity contribution in [3.63, 3.8) is 0 Å². The minimum Gasteiger partial charge on any atom is -0.466 e. The molecule has 0 bridgehead atoms. The molecule has 0 radical (unpaired) electrons. The van der Waals surface area contributed by atoms with Crippen LogP contribution in [-0.2, 0) is 33.4 Å². The highest BCUT2D eigenvalue weighted by Crippen LogP contribution is 2.27. The van der Waals surface area contributed by atoms with Crippen molar-refractivity contribution in [2.24, 2.45) is 15.3 Å². The first-order chi connectivity index (χ1) is 24.4. The van der Waals surface area contributed by atoms with E-state index in [1.165, 1.54) is 17.2 Å². The average Bonchev–Trinajstić information content (AvgIpc) is 3.79. The van der Waals surface area contributed by atoms with E-state index >= 15 is 0 Å². The number of carbonyl (C=O) groups is 5. The Labute approximate surface area is 291 Å². The third kappa shape index (κ3) is 11.5. The highest BCUT2D eigenvalue weighted by molar-refractivity contribution is 5.89. The monoisotopic (exact) mass is 712 g/mol. The Morgan fingerprint density at radius 3 is 2.61 bits per heavy atom. The van der Waals surface area contributed by atoms with Gasteiger partial charge in [0.2, 0.25) is 17.5 Å². The van der Waals surface area contributed by atoms with Crippen molar-refractivity contribution in [3.05, 3.63) is 71.0 Å². The smallest absolute Gasteiger partial charge is 0.408 e. The summed E-state index contributed by atoms with van der Waals surface area (Å²) in [5.41, 5.74) is 8.65. The molecule has 0 aliphatic carbocycles. The molecule has 1 saturated heterocycles. The maximum atomic E-state index is 12.8. The van der Waals surface area contributed by atoms with Gasteiger partial charge in [-0.25, -0.2) is 4.79 Å². The fourth-order valence-electron chi connectivity index (χ4n) is 5.01. The zero-order chi connectivity index (χ0) is 37.0. The van der Waals surface area contributed by atoms with Crippen LogP contribution in [0.4, 0.5) is 4.79 Å². The predicted molar refractivity (Wildman–Crippen MR) is 174 cm³/mol. The van der Waals surface area contributed by atoms with Crippen molar-refractivity contribution in [2.45, 2.75) is 75.0 Å². The first kappa shape index (κ1) is 38.2. The van der Waals surface area contributed by atoms with E-state index in [4.69, 9.17) is 19.7 Å². The number of nitrogens with one attached hydrogen (secondary N) is 4. The quantitative estimate of drug-likeness (QED) is 0.0401. The lowest BCUT2D eigenvalue weighted by Crippen LogP contribution is -2.50. The van der Waals surface area contributed by atoms with Crippen molar-refractivity contribution in [1.29, 1.82) is 0 Å². The van der Waals surface area contributed by atoms with E-state index in [0.717, 1.165) is 0 Å². The summed E-state index contributed by atoms with van der Waals surface area (Å²) in [5.74, 6) is -2.02. The van der Waals surface area contributed by atoms with E-state index in [-0.39, 0.29) is 57.7 Å². The zero-order valence-corrected chi connectivity index (χ0v) is 27.7. The summed E-state index contributed by atoms with van der Waals surface area (Å²) in [6.45, 7) is 4.95. The van der Waals surface area contributed by atoms with Crippen LogP contribution < -0.4 is 21.3 Å². The van der Waals surface area contributed by atoms with Crippen LogP contribution in [0.25, 0.3) is 10.4 Å². The van der Waals surface area contributed by atoms with Gasteiger partial charge in [-0.2, -0.15) is 10.2 Å². The summed E-state index contributed by atoms with van der Waals surface area (Å²) in [6, 6.07) is 7.57. The standard InChI is InChI=1S/C31H40N10O10/c1-18-36-24(43)12-13-41(18)29-27(46)26(45)22(50-29)16-33-23(42)10-11-25(44)49-14-6-9-21(19-7-4-3-5-8-19)51-30(48)37-20(15-35-40-32)28(47)34-17-31(2)38-39-31/h3-5,7-8,12-13,20-22,26-27,29,45-46H,1,6,9-11,14-17H2,2H3,(H,33,42)(H,34,47)(H,36,43)(H,37,48). The van der Waals surface area contributed by atoms with Gasteiger partial charge in [-0.1, -0.05) is 42.0 Å². The van der Waals surface area contributed by atoms with Crippen LogP contribution in [0.3, 0.4) is 0 Å². The molecule has 20 heteroatoms. The Morgan fingerprint density at radius 1 is 1.18 bits per heavy atom. The Bertz CT molecular complexity index is 1560. The van der Waals surface area contributed by atoms with Crippen LogP contribution in [0.5, 0.6) is 0 Å². The maximum Gasteiger partial charge on any atom is 0.408 e. The summed E-state index contributed by atoms with van der Waals surface area (Å²) in [5, 5.41) is 41.9. The van der Waals surface area contributed by atoms with E-state index in [1.54, 1.807) is 37.3 Å². The van der Waals surface area contributed by atoms with Crippen LogP contribution in [0.1, 0.15) is 44.3 Å². The molecule has 274 valence electrons. The molecule has 1 aromatic rings. The molecular formula is C31H40N10O10. The second kappa shape index (κ2) is 17.9. The highest BCUT2D eigenvalue weighted by atomic mass is 16.6. The molecule has 51 heavy (non-hydrogen) atoms. The second-order valence-corrected chi connectivity index (χ2v) is 11.9. The summed E-state index contributed by atoms with van der Waals surface area (Å²) in [6.07, 6.45) is -3.81. The lowest BCUT2D eigenvalue weighted by atomic mass is 10.1. The van der Waals surface area contributed by atoms with Gasteiger partial charge in [-0.05, 0) is 30.9 Å². The molecule has 6 unspecified atom stereocenters. The number of carbonyl (C=O) groups excluding carboxylic acids is 5. The normalized spacial score (nSPS) is 22.5. The van der Waals surface area contributed by atoms with Gasteiger partial charge in [-0.3, -0.25) is 19.2 Å². The molecule has 4 rings (SSSR count). The summed E-state index contributed by atoms with van der Waals surface area (Å²) in [7, 11) is 0. The Balaban J connectivity index is 1.17. The van der Waals surface area contributed by atoms with Crippen molar-refractivity contribution in [3.8, 4) is 0 Å². The van der Waals surface area contributed by atoms with Gasteiger partial charge >= 0.3 is 12.1 Å². The molecule has 0 saturated carbocycles. The number of alkyl carbamates (subject to hydrolysis) is 1. The number of hydrogen-bond acceptors (Lipinski definition) is 14. The van der Waals surface area contributed by atoms with E-state index < -0.39 is 72.1 Å². The van der Waals surface area contributed by atoms with Crippen molar-refractivity contribution < 1.29 is 48.4 Å². The Kier molecular flexibility index (Phi) is 13.4. The number of aliphatic hydroxyl groups is 2. The molecule has 1 fully saturated rings. The van der Waals surface area contributed by atoms with Gasteiger partial charge < -0.3 is 50.6 Å². The molecule has 3 aliphatic rings. The van der Waals surface area contributed by atoms with Crippen LogP contribution in [0, 0.1) is 0 Å². The second-order valence-electron chi connectivity index (χ2n) is 11.9. The third-order valence-electron chi connectivity index (χ3n) is 7.90. The number of ether oxygens (including phenoxy) is 3. The molecule has 0 aromatic heterocycles. The molecule has 20 nitrogen and oxygen atoms in total. The van der Waals surface area contributed by atoms with Gasteiger partial charge in [0.25, 0.3) is 5.91 Å². The van der Waals surface area contributed by atoms with Crippen molar-refractivity contribution in [2.75, 3.05) is 26.2 Å². The largest absolute Gasteiger partial charge is 0.466 e. The zero-order valence-electron chi connectivity index (χ0n) is 27.7. The number of hydrogen-bond donors (Lipinski definition) is 6. The Morgan fingerprint density at radius 2 is 1.92 bits per heavy atom. The fourth-order valence-corrected chi connectivity index (χ4v) is 5.01. The van der Waals surface area contributed by atoms with E-state index in [9.17, 15) is 34.2 Å². The van der Waals surface area contributed by atoms with Crippen LogP contribution in [-0.4, -0.2) is 107 Å². The average molecular weight is 713 g/mol. The number of amides is 4. The maximum absolute atomic E-state index is 12.8. The van der Waals surface area contributed by atoms with E-state index in [2.05, 4.69) is 48.1 Å². The Hall–Kier alpha value is -5.56. The first-order valence-corrected chi connectivity index (χ1v) is 16.0. The fraction of sp³-hybridized carbons (Fsp3) is 0.516. The predicted octanol–water partition coefficient (Wildman–Crippen LogP) is 0.514. The number of esters is 1. The number of nitrogens with zero attached hydrogens (tertiary/aromatic N) is 6. The van der Waals surface area contributed by atoms with Crippen LogP contribution in [0.2, 0.25) is 0 Å². The molecule has 4 amide bonds. The van der Waals surface area contributed by atoms with Crippen molar-refractivity contribution >= 4 is 29.8 Å². The molecule has 3 heterocycles. The first-order valence-electron chi connectivity index (χ1n) is 16.0. The van der Waals surface area contributed by atoms with Gasteiger partial charge in [0, 0.05) is 30.2 Å². The molecule has 3 aliphatic heterocycles. The van der Waals surface area contributed by atoms with Gasteiger partial charge in [0.05, 0.1) is 26.1 Å². The highest BCUT2D eigenvalue weighted by Gasteiger charge is 2.46. The van der Waals surface area contributed by atoms with Crippen LogP contribution in [0.15, 0.2) is 70.4 Å². The van der Waals surface area contributed by atoms with Gasteiger partial charge in [0.15, 0.2) is 6.23 Å². The lowest BCUT2D eigenvalue weighted by Gasteiger charge is -2.32. The summed E-state index contributed by atoms with van der Waals surface area (Å²) >= 11 is 0. The van der Waals surface area contributed by atoms with E-state index in [1.807, 2.05) is 0 Å². The summed E-state index contributed by atoms with van der Waals surface area (Å²) in [4.78, 5) is 65.6. The van der Waals surface area contributed by atoms with Crippen LogP contribution >= 0.6 is 0 Å². The number of benzene rings is 1. The number of azide groups is 1. The molecule has 6 N–H and O–H groups in total. The summed E-state index contributed by atoms with van der Waals surface area (Å²) < 4.78 is 16.6.